The fourth-order valence-electron chi connectivity index (χ4n) is 2.50. The topological polar surface area (TPSA) is 55.1 Å². The van der Waals surface area contributed by atoms with Crippen molar-refractivity contribution in [1.82, 2.24) is 19.6 Å². The third kappa shape index (κ3) is 4.19. The molecule has 0 aliphatic rings. The van der Waals surface area contributed by atoms with E-state index >= 15 is 0 Å². The molecule has 0 amide bonds. The van der Waals surface area contributed by atoms with Crippen LogP contribution in [0.1, 0.15) is 44.0 Å². The Labute approximate surface area is 142 Å². The Bertz CT molecular complexity index is 792. The number of fused-ring (bicyclic) bond motifs is 1. The maximum absolute atomic E-state index is 4.63. The Hall–Kier alpha value is -2.69. The summed E-state index contributed by atoms with van der Waals surface area (Å²) in [6.45, 7) is 2.87. The first-order chi connectivity index (χ1) is 11.9. The summed E-state index contributed by atoms with van der Waals surface area (Å²) in [4.78, 5) is 8.71. The Morgan fingerprint density at radius 2 is 2.08 bits per heavy atom. The normalized spacial score (nSPS) is 11.4. The van der Waals surface area contributed by atoms with Crippen molar-refractivity contribution in [2.24, 2.45) is 0 Å². The van der Waals surface area contributed by atoms with E-state index in [1.807, 2.05) is 41.0 Å². The second kappa shape index (κ2) is 8.24. The molecule has 0 radical (unpaired) electrons. The summed E-state index contributed by atoms with van der Waals surface area (Å²) in [5.41, 5.74) is 2.84. The molecule has 5 heteroatoms. The number of nitrogens with zero attached hydrogens (tertiary/aromatic N) is 4. The lowest BCUT2D eigenvalue weighted by molar-refractivity contribution is 0.730. The Morgan fingerprint density at radius 1 is 1.12 bits per heavy atom. The zero-order valence-electron chi connectivity index (χ0n) is 14.0. The molecule has 24 heavy (non-hydrogen) atoms. The first-order valence-electron chi connectivity index (χ1n) is 8.52. The van der Waals surface area contributed by atoms with E-state index < -0.39 is 0 Å². The van der Waals surface area contributed by atoms with Gasteiger partial charge in [0.15, 0.2) is 5.65 Å². The lowest BCUT2D eigenvalue weighted by atomic mass is 10.2. The van der Waals surface area contributed by atoms with Gasteiger partial charge in [0.1, 0.15) is 5.82 Å². The number of aromatic nitrogens is 4. The van der Waals surface area contributed by atoms with E-state index in [-0.39, 0.29) is 0 Å². The summed E-state index contributed by atoms with van der Waals surface area (Å²) in [5.74, 6) is 0.812. The molecule has 3 heterocycles. The van der Waals surface area contributed by atoms with Crippen LogP contribution in [0.4, 0.5) is 5.82 Å². The van der Waals surface area contributed by atoms with Crippen molar-refractivity contribution < 1.29 is 0 Å². The largest absolute Gasteiger partial charge is 0.363 e. The van der Waals surface area contributed by atoms with Crippen LogP contribution in [0.5, 0.6) is 0 Å². The number of allylic oxidation sites excluding steroid dienone is 1. The van der Waals surface area contributed by atoms with Crippen LogP contribution in [0.3, 0.4) is 0 Å². The molecule has 0 fully saturated rings. The highest BCUT2D eigenvalue weighted by atomic mass is 15.3. The van der Waals surface area contributed by atoms with Gasteiger partial charge < -0.3 is 5.32 Å². The van der Waals surface area contributed by atoms with Gasteiger partial charge in [0.05, 0.1) is 24.1 Å². The van der Waals surface area contributed by atoms with Crippen molar-refractivity contribution in [3.8, 4) is 0 Å². The summed E-state index contributed by atoms with van der Waals surface area (Å²) < 4.78 is 1.87. The average molecular weight is 321 g/mol. The number of rotatable bonds is 8. The maximum Gasteiger partial charge on any atom is 0.154 e. The Kier molecular flexibility index (Phi) is 5.56. The second-order valence-electron chi connectivity index (χ2n) is 5.74. The number of unbranched alkanes of at least 4 members (excludes halogenated alkanes) is 3. The van der Waals surface area contributed by atoms with Crippen molar-refractivity contribution in [2.75, 3.05) is 5.32 Å². The molecule has 3 rings (SSSR count). The number of imidazole rings is 1. The van der Waals surface area contributed by atoms with Gasteiger partial charge in [-0.2, -0.15) is 0 Å². The van der Waals surface area contributed by atoms with Crippen LogP contribution in [-0.4, -0.2) is 19.6 Å². The molecule has 0 bridgehead atoms. The van der Waals surface area contributed by atoms with Gasteiger partial charge in [-0.15, -0.1) is 5.10 Å². The van der Waals surface area contributed by atoms with Crippen LogP contribution in [0.25, 0.3) is 11.7 Å². The van der Waals surface area contributed by atoms with Crippen LogP contribution < -0.4 is 5.32 Å². The van der Waals surface area contributed by atoms with E-state index in [1.54, 1.807) is 6.20 Å². The minimum Gasteiger partial charge on any atom is -0.363 e. The molecule has 0 atom stereocenters. The van der Waals surface area contributed by atoms with E-state index in [0.29, 0.717) is 6.54 Å². The predicted molar refractivity (Wildman–Crippen MR) is 97.7 cm³/mol. The van der Waals surface area contributed by atoms with Crippen molar-refractivity contribution in [1.29, 1.82) is 0 Å². The molecule has 0 aromatic carbocycles. The number of anilines is 1. The van der Waals surface area contributed by atoms with Gasteiger partial charge in [-0.1, -0.05) is 31.9 Å². The third-order valence-electron chi connectivity index (χ3n) is 3.83. The smallest absolute Gasteiger partial charge is 0.154 e. The van der Waals surface area contributed by atoms with Gasteiger partial charge >= 0.3 is 0 Å². The first kappa shape index (κ1) is 16.2. The summed E-state index contributed by atoms with van der Waals surface area (Å²) >= 11 is 0. The summed E-state index contributed by atoms with van der Waals surface area (Å²) in [6, 6.07) is 9.81. The van der Waals surface area contributed by atoms with Crippen molar-refractivity contribution >= 4 is 17.5 Å². The molecule has 3 aromatic heterocycles. The molecule has 0 saturated carbocycles. The molecule has 5 nitrogen and oxygen atoms in total. The van der Waals surface area contributed by atoms with Gasteiger partial charge in [-0.25, -0.2) is 9.50 Å². The van der Waals surface area contributed by atoms with Crippen LogP contribution in [0.2, 0.25) is 0 Å². The molecule has 3 aromatic rings. The molecule has 0 aliphatic carbocycles. The van der Waals surface area contributed by atoms with Crippen LogP contribution in [0.15, 0.2) is 48.8 Å². The fraction of sp³-hybridized carbons (Fsp3) is 0.316. The number of hydrogen-bond acceptors (Lipinski definition) is 4. The summed E-state index contributed by atoms with van der Waals surface area (Å²) in [6.07, 6.45) is 12.8. The molecule has 1 N–H and O–H groups in total. The highest BCUT2D eigenvalue weighted by Gasteiger charge is 2.03. The zero-order chi connectivity index (χ0) is 16.6. The first-order valence-corrected chi connectivity index (χ1v) is 8.52. The maximum atomic E-state index is 4.63. The molecular formula is C19H23N5. The molecule has 0 unspecified atom stereocenters. The van der Waals surface area contributed by atoms with E-state index in [2.05, 4.69) is 39.5 Å². The highest BCUT2D eigenvalue weighted by Crippen LogP contribution is 2.12. The average Bonchev–Trinajstić information content (AvgIpc) is 3.03. The quantitative estimate of drug-likeness (QED) is 0.627. The molecule has 0 saturated heterocycles. The van der Waals surface area contributed by atoms with E-state index in [0.717, 1.165) is 29.3 Å². The van der Waals surface area contributed by atoms with Crippen LogP contribution in [-0.2, 0) is 6.54 Å². The fourth-order valence-corrected chi connectivity index (χ4v) is 2.50. The number of hydrogen-bond donors (Lipinski definition) is 1. The Balaban J connectivity index is 1.68. The van der Waals surface area contributed by atoms with Crippen LogP contribution in [0, 0.1) is 0 Å². The van der Waals surface area contributed by atoms with Gasteiger partial charge in [-0.05, 0) is 43.2 Å². The van der Waals surface area contributed by atoms with Gasteiger partial charge in [-0.3, -0.25) is 4.98 Å². The molecular weight excluding hydrogens is 298 g/mol. The van der Waals surface area contributed by atoms with E-state index in [9.17, 15) is 0 Å². The highest BCUT2D eigenvalue weighted by molar-refractivity contribution is 5.53. The SMILES string of the molecule is CCCCC/C=C/c1cnc2ccc(NCc3ccccn3)nn12. The van der Waals surface area contributed by atoms with E-state index in [4.69, 9.17) is 0 Å². The zero-order valence-corrected chi connectivity index (χ0v) is 14.0. The minimum atomic E-state index is 0.649. The van der Waals surface area contributed by atoms with Crippen molar-refractivity contribution in [2.45, 2.75) is 39.2 Å². The summed E-state index contributed by atoms with van der Waals surface area (Å²) in [5, 5.41) is 7.94. The molecule has 0 spiro atoms. The predicted octanol–water partition coefficient (Wildman–Crippen LogP) is 4.33. The standard InChI is InChI=1S/C19H23N5/c1-2-3-4-5-6-10-17-15-22-19-12-11-18(23-24(17)19)21-14-16-9-7-8-13-20-16/h6-13,15H,2-5,14H2,1H3,(H,21,23)/b10-6+. The number of pyridine rings is 1. The number of nitrogens with one attached hydrogen (secondary N) is 1. The lowest BCUT2D eigenvalue weighted by Crippen LogP contribution is -2.05. The van der Waals surface area contributed by atoms with Crippen molar-refractivity contribution in [3.05, 3.63) is 60.2 Å². The third-order valence-corrected chi connectivity index (χ3v) is 3.83. The summed E-state index contributed by atoms with van der Waals surface area (Å²) in [7, 11) is 0. The van der Waals surface area contributed by atoms with Crippen molar-refractivity contribution in [3.63, 3.8) is 0 Å². The monoisotopic (exact) mass is 321 g/mol. The van der Waals surface area contributed by atoms with Gasteiger partial charge in [0, 0.05) is 6.20 Å². The van der Waals surface area contributed by atoms with Gasteiger partial charge in [0.2, 0.25) is 0 Å². The lowest BCUT2D eigenvalue weighted by Gasteiger charge is -2.05. The van der Waals surface area contributed by atoms with Gasteiger partial charge in [0.25, 0.3) is 0 Å². The molecule has 124 valence electrons. The van der Waals surface area contributed by atoms with E-state index in [1.165, 1.54) is 19.3 Å². The second-order valence-corrected chi connectivity index (χ2v) is 5.74. The van der Waals surface area contributed by atoms with Crippen LogP contribution >= 0.6 is 0 Å². The Morgan fingerprint density at radius 3 is 2.92 bits per heavy atom. The molecule has 0 aliphatic heterocycles. The minimum absolute atomic E-state index is 0.649.